The van der Waals surface area contributed by atoms with Crippen molar-refractivity contribution in [2.45, 2.75) is 45.8 Å². The highest BCUT2D eigenvalue weighted by atomic mass is 32.2. The van der Waals surface area contributed by atoms with Crippen LogP contribution in [0, 0.1) is 0 Å². The molecule has 2 aliphatic rings. The third-order valence-corrected chi connectivity index (χ3v) is 6.85. The van der Waals surface area contributed by atoms with Crippen LogP contribution in [0.15, 0.2) is 64.8 Å². The molecule has 0 N–H and O–H groups in total. The number of thioether (sulfide) groups is 1. The second-order valence-corrected chi connectivity index (χ2v) is 9.39. The zero-order valence-electron chi connectivity index (χ0n) is 20.3. The molecule has 1 atom stereocenters. The molecule has 2 heterocycles. The van der Waals surface area contributed by atoms with E-state index >= 15 is 0 Å². The molecule has 0 bridgehead atoms. The average molecular weight is 495 g/mol. The minimum atomic E-state index is -0.662. The molecule has 35 heavy (non-hydrogen) atoms. The maximum Gasteiger partial charge on any atom is 0.338 e. The lowest BCUT2D eigenvalue weighted by molar-refractivity contribution is -0.141. The minimum Gasteiger partial charge on any atom is -0.493 e. The number of methoxy groups -OCH3 is 1. The van der Waals surface area contributed by atoms with Gasteiger partial charge in [-0.15, -0.1) is 0 Å². The fourth-order valence-corrected chi connectivity index (χ4v) is 5.08. The normalized spacial score (nSPS) is 17.6. The Morgan fingerprint density at radius 3 is 2.71 bits per heavy atom. The molecule has 0 aromatic heterocycles. The number of aliphatic imine (C=N–C) groups is 1. The fourth-order valence-electron chi connectivity index (χ4n) is 4.07. The Kier molecular flexibility index (Phi) is 8.13. The van der Waals surface area contributed by atoms with E-state index in [1.807, 2.05) is 48.5 Å². The maximum atomic E-state index is 13.4. The number of nitrogens with zero attached hydrogens (tertiary/aromatic N) is 2. The molecule has 1 unspecified atom stereocenters. The lowest BCUT2D eigenvalue weighted by Gasteiger charge is -2.39. The Morgan fingerprint density at radius 2 is 1.97 bits per heavy atom. The minimum absolute atomic E-state index is 0.0735. The first-order valence-corrected chi connectivity index (χ1v) is 12.8. The number of esters is 1. The number of unbranched alkanes of at least 4 members (excludes halogenated alkanes) is 1. The van der Waals surface area contributed by atoms with Crippen LogP contribution in [0.2, 0.25) is 0 Å². The molecule has 0 saturated carbocycles. The van der Waals surface area contributed by atoms with Gasteiger partial charge in [0.2, 0.25) is 5.91 Å². The SMILES string of the molecule is CCCCOc1ccc(C2C(C(=O)OCc3ccccc3)=C(C)N=C3SCCC(=O)N32)cc1OC. The number of allylic oxidation sites excluding steroid dienone is 1. The molecule has 2 aromatic carbocycles. The number of amidine groups is 1. The Hall–Kier alpha value is -3.26. The van der Waals surface area contributed by atoms with Crippen molar-refractivity contribution in [1.29, 1.82) is 0 Å². The zero-order chi connectivity index (χ0) is 24.8. The number of hydrogen-bond donors (Lipinski definition) is 0. The summed E-state index contributed by atoms with van der Waals surface area (Å²) in [6.45, 7) is 4.61. The van der Waals surface area contributed by atoms with Crippen LogP contribution in [0.25, 0.3) is 0 Å². The maximum absolute atomic E-state index is 13.4. The van der Waals surface area contributed by atoms with Gasteiger partial charge in [-0.1, -0.05) is 61.5 Å². The summed E-state index contributed by atoms with van der Waals surface area (Å²) in [5.41, 5.74) is 2.51. The van der Waals surface area contributed by atoms with Crippen LogP contribution in [0.1, 0.15) is 50.3 Å². The molecule has 1 amide bonds. The number of hydrogen-bond acceptors (Lipinski definition) is 7. The van der Waals surface area contributed by atoms with Gasteiger partial charge < -0.3 is 14.2 Å². The van der Waals surface area contributed by atoms with Crippen molar-refractivity contribution in [1.82, 2.24) is 4.90 Å². The van der Waals surface area contributed by atoms with E-state index in [9.17, 15) is 9.59 Å². The van der Waals surface area contributed by atoms with E-state index < -0.39 is 12.0 Å². The fraction of sp³-hybridized carbons (Fsp3) is 0.370. The number of carbonyl (C=O) groups excluding carboxylic acids is 2. The van der Waals surface area contributed by atoms with Gasteiger partial charge >= 0.3 is 5.97 Å². The molecule has 1 saturated heterocycles. The van der Waals surface area contributed by atoms with Crippen molar-refractivity contribution < 1.29 is 23.8 Å². The lowest BCUT2D eigenvalue weighted by atomic mass is 9.93. The number of carbonyl (C=O) groups is 2. The number of amides is 1. The van der Waals surface area contributed by atoms with E-state index in [1.165, 1.54) is 11.8 Å². The van der Waals surface area contributed by atoms with E-state index in [2.05, 4.69) is 11.9 Å². The summed E-state index contributed by atoms with van der Waals surface area (Å²) in [6.07, 6.45) is 2.34. The van der Waals surface area contributed by atoms with Crippen LogP contribution >= 0.6 is 11.8 Å². The number of benzene rings is 2. The monoisotopic (exact) mass is 494 g/mol. The van der Waals surface area contributed by atoms with Crippen LogP contribution in [0.5, 0.6) is 11.5 Å². The summed E-state index contributed by atoms with van der Waals surface area (Å²) in [6, 6.07) is 14.4. The molecule has 2 aromatic rings. The number of fused-ring (bicyclic) bond motifs is 1. The molecule has 0 radical (unpaired) electrons. The van der Waals surface area contributed by atoms with Crippen molar-refractivity contribution >= 4 is 28.8 Å². The van der Waals surface area contributed by atoms with Gasteiger partial charge in [-0.3, -0.25) is 9.69 Å². The molecule has 7 nitrogen and oxygen atoms in total. The largest absolute Gasteiger partial charge is 0.493 e. The number of rotatable bonds is 9. The summed E-state index contributed by atoms with van der Waals surface area (Å²) in [7, 11) is 1.58. The summed E-state index contributed by atoms with van der Waals surface area (Å²) < 4.78 is 17.2. The van der Waals surface area contributed by atoms with Crippen LogP contribution in [-0.2, 0) is 20.9 Å². The standard InChI is InChI=1S/C27H30N2O5S/c1-4-5-14-33-21-12-11-20(16-22(21)32-3)25-24(26(31)34-17-19-9-7-6-8-10-19)18(2)28-27-29(25)23(30)13-15-35-27/h6-12,16,25H,4-5,13-15,17H2,1-3H3. The van der Waals surface area contributed by atoms with E-state index in [0.29, 0.717) is 46.7 Å². The summed E-state index contributed by atoms with van der Waals surface area (Å²) >= 11 is 1.52. The van der Waals surface area contributed by atoms with Gasteiger partial charge in [-0.2, -0.15) is 0 Å². The molecule has 0 spiro atoms. The third-order valence-electron chi connectivity index (χ3n) is 5.90. The molecule has 184 valence electrons. The van der Waals surface area contributed by atoms with Crippen molar-refractivity contribution in [3.63, 3.8) is 0 Å². The predicted molar refractivity (Wildman–Crippen MR) is 136 cm³/mol. The Morgan fingerprint density at radius 1 is 1.17 bits per heavy atom. The summed E-state index contributed by atoms with van der Waals surface area (Å²) in [4.78, 5) is 32.7. The molecular formula is C27H30N2O5S. The second kappa shape index (κ2) is 11.4. The van der Waals surface area contributed by atoms with Gasteiger partial charge in [0, 0.05) is 12.2 Å². The molecule has 4 rings (SSSR count). The molecule has 1 fully saturated rings. The van der Waals surface area contributed by atoms with Crippen LogP contribution in [-0.4, -0.2) is 41.4 Å². The van der Waals surface area contributed by atoms with Gasteiger partial charge in [0.1, 0.15) is 6.61 Å². The van der Waals surface area contributed by atoms with Crippen LogP contribution < -0.4 is 9.47 Å². The predicted octanol–water partition coefficient (Wildman–Crippen LogP) is 5.27. The van der Waals surface area contributed by atoms with Gasteiger partial charge in [0.05, 0.1) is 31.0 Å². The van der Waals surface area contributed by atoms with Crippen molar-refractivity contribution in [2.24, 2.45) is 4.99 Å². The van der Waals surface area contributed by atoms with Crippen LogP contribution in [0.4, 0.5) is 0 Å². The Bertz CT molecular complexity index is 1150. The molecule has 0 aliphatic carbocycles. The van der Waals surface area contributed by atoms with Gasteiger partial charge in [-0.25, -0.2) is 9.79 Å². The molecule has 2 aliphatic heterocycles. The lowest BCUT2D eigenvalue weighted by Crippen LogP contribution is -2.45. The van der Waals surface area contributed by atoms with Gasteiger partial charge in [0.25, 0.3) is 0 Å². The van der Waals surface area contributed by atoms with Gasteiger partial charge in [0.15, 0.2) is 16.7 Å². The van der Waals surface area contributed by atoms with Crippen molar-refractivity contribution in [3.05, 3.63) is 70.9 Å². The summed E-state index contributed by atoms with van der Waals surface area (Å²) in [5.74, 6) is 1.27. The highest BCUT2D eigenvalue weighted by Crippen LogP contribution is 2.42. The quantitative estimate of drug-likeness (QED) is 0.349. The van der Waals surface area contributed by atoms with Gasteiger partial charge in [-0.05, 0) is 36.6 Å². The van der Waals surface area contributed by atoms with Crippen molar-refractivity contribution in [2.75, 3.05) is 19.5 Å². The second-order valence-electron chi connectivity index (χ2n) is 8.33. The molecular weight excluding hydrogens is 464 g/mol. The van der Waals surface area contributed by atoms with E-state index in [0.717, 1.165) is 24.0 Å². The average Bonchev–Trinajstić information content (AvgIpc) is 2.87. The Balaban J connectivity index is 1.70. The first-order chi connectivity index (χ1) is 17.0. The van der Waals surface area contributed by atoms with Crippen LogP contribution in [0.3, 0.4) is 0 Å². The van der Waals surface area contributed by atoms with Crippen molar-refractivity contribution in [3.8, 4) is 11.5 Å². The topological polar surface area (TPSA) is 77.4 Å². The molecule has 8 heteroatoms. The first kappa shape index (κ1) is 24.9. The third kappa shape index (κ3) is 5.53. The highest BCUT2D eigenvalue weighted by molar-refractivity contribution is 8.14. The zero-order valence-corrected chi connectivity index (χ0v) is 21.1. The Labute approximate surface area is 210 Å². The number of ether oxygens (including phenoxy) is 3. The smallest absolute Gasteiger partial charge is 0.338 e. The first-order valence-electron chi connectivity index (χ1n) is 11.8. The van der Waals surface area contributed by atoms with E-state index in [4.69, 9.17) is 14.2 Å². The van der Waals surface area contributed by atoms with E-state index in [-0.39, 0.29) is 12.5 Å². The summed E-state index contributed by atoms with van der Waals surface area (Å²) in [5, 5.41) is 0.602. The highest BCUT2D eigenvalue weighted by Gasteiger charge is 2.42. The van der Waals surface area contributed by atoms with E-state index in [1.54, 1.807) is 18.9 Å².